The average molecular weight is 279 g/mol. The number of rotatable bonds is 9. The molecule has 0 aliphatic carbocycles. The van der Waals surface area contributed by atoms with Crippen molar-refractivity contribution < 1.29 is 9.47 Å². The van der Waals surface area contributed by atoms with Crippen LogP contribution < -0.4 is 14.8 Å². The maximum Gasteiger partial charge on any atom is 0.161 e. The second-order valence-electron chi connectivity index (χ2n) is 5.30. The van der Waals surface area contributed by atoms with E-state index in [0.29, 0.717) is 6.04 Å². The molecule has 0 bridgehead atoms. The molecule has 0 aliphatic rings. The number of hydrogen-bond donors (Lipinski definition) is 1. The SMILES string of the molecule is CCCNC(C)c1ccc(OC(C)CCC)c(OC)c1. The van der Waals surface area contributed by atoms with E-state index in [1.807, 2.05) is 6.07 Å². The molecule has 3 heteroatoms. The number of nitrogens with one attached hydrogen (secondary N) is 1. The zero-order valence-corrected chi connectivity index (χ0v) is 13.5. The van der Waals surface area contributed by atoms with E-state index < -0.39 is 0 Å². The Labute approximate surface area is 123 Å². The molecule has 1 N–H and O–H groups in total. The van der Waals surface area contributed by atoms with Gasteiger partial charge in [-0.15, -0.1) is 0 Å². The van der Waals surface area contributed by atoms with Gasteiger partial charge in [0.05, 0.1) is 13.2 Å². The summed E-state index contributed by atoms with van der Waals surface area (Å²) in [5.41, 5.74) is 1.23. The third-order valence-electron chi connectivity index (χ3n) is 3.41. The molecule has 1 aromatic carbocycles. The summed E-state index contributed by atoms with van der Waals surface area (Å²) < 4.78 is 11.4. The van der Waals surface area contributed by atoms with Gasteiger partial charge >= 0.3 is 0 Å². The van der Waals surface area contributed by atoms with Crippen molar-refractivity contribution in [3.05, 3.63) is 23.8 Å². The molecule has 2 atom stereocenters. The van der Waals surface area contributed by atoms with Gasteiger partial charge in [-0.1, -0.05) is 26.3 Å². The van der Waals surface area contributed by atoms with E-state index in [1.165, 1.54) is 5.56 Å². The molecular weight excluding hydrogens is 250 g/mol. The summed E-state index contributed by atoms with van der Waals surface area (Å²) in [6, 6.07) is 6.53. The fourth-order valence-corrected chi connectivity index (χ4v) is 2.21. The van der Waals surface area contributed by atoms with Crippen LogP contribution in [0.2, 0.25) is 0 Å². The van der Waals surface area contributed by atoms with Gasteiger partial charge in [0.15, 0.2) is 11.5 Å². The Morgan fingerprint density at radius 2 is 1.85 bits per heavy atom. The van der Waals surface area contributed by atoms with Crippen molar-refractivity contribution in [3.8, 4) is 11.5 Å². The standard InChI is InChI=1S/C17H29NO2/c1-6-8-13(3)20-16-10-9-15(12-17(16)19-5)14(4)18-11-7-2/h9-10,12-14,18H,6-8,11H2,1-5H3. The average Bonchev–Trinajstić information content (AvgIpc) is 2.45. The molecule has 2 unspecified atom stereocenters. The summed E-state index contributed by atoms with van der Waals surface area (Å²) in [5.74, 6) is 1.65. The smallest absolute Gasteiger partial charge is 0.161 e. The van der Waals surface area contributed by atoms with E-state index >= 15 is 0 Å². The second-order valence-corrected chi connectivity index (χ2v) is 5.30. The van der Waals surface area contributed by atoms with Crippen LogP contribution in [0.1, 0.15) is 58.6 Å². The molecule has 0 saturated heterocycles. The van der Waals surface area contributed by atoms with Crippen LogP contribution in [0.5, 0.6) is 11.5 Å². The monoisotopic (exact) mass is 279 g/mol. The van der Waals surface area contributed by atoms with Crippen molar-refractivity contribution >= 4 is 0 Å². The minimum absolute atomic E-state index is 0.218. The van der Waals surface area contributed by atoms with Crippen LogP contribution in [0.25, 0.3) is 0 Å². The van der Waals surface area contributed by atoms with Crippen LogP contribution in [-0.4, -0.2) is 19.8 Å². The molecule has 114 valence electrons. The number of methoxy groups -OCH3 is 1. The van der Waals surface area contributed by atoms with Crippen LogP contribution in [-0.2, 0) is 0 Å². The zero-order valence-electron chi connectivity index (χ0n) is 13.5. The number of hydrogen-bond acceptors (Lipinski definition) is 3. The van der Waals surface area contributed by atoms with Crippen LogP contribution in [0.4, 0.5) is 0 Å². The van der Waals surface area contributed by atoms with Crippen molar-refractivity contribution in [2.75, 3.05) is 13.7 Å². The highest BCUT2D eigenvalue weighted by atomic mass is 16.5. The molecule has 0 aromatic heterocycles. The van der Waals surface area contributed by atoms with E-state index in [1.54, 1.807) is 7.11 Å². The Hall–Kier alpha value is -1.22. The van der Waals surface area contributed by atoms with Crippen molar-refractivity contribution in [1.82, 2.24) is 5.32 Å². The lowest BCUT2D eigenvalue weighted by Gasteiger charge is -2.19. The molecule has 0 heterocycles. The highest BCUT2D eigenvalue weighted by Gasteiger charge is 2.12. The Balaban J connectivity index is 2.79. The Kier molecular flexibility index (Phi) is 7.45. The highest BCUT2D eigenvalue weighted by molar-refractivity contribution is 5.43. The van der Waals surface area contributed by atoms with Gasteiger partial charge in [-0.25, -0.2) is 0 Å². The van der Waals surface area contributed by atoms with E-state index in [2.05, 4.69) is 45.1 Å². The molecule has 0 radical (unpaired) electrons. The Bertz CT molecular complexity index is 393. The highest BCUT2D eigenvalue weighted by Crippen LogP contribution is 2.31. The van der Waals surface area contributed by atoms with Gasteiger partial charge in [-0.2, -0.15) is 0 Å². The molecular formula is C17H29NO2. The van der Waals surface area contributed by atoms with Gasteiger partial charge in [0.1, 0.15) is 0 Å². The van der Waals surface area contributed by atoms with Gasteiger partial charge in [0.2, 0.25) is 0 Å². The van der Waals surface area contributed by atoms with E-state index in [-0.39, 0.29) is 6.10 Å². The predicted octanol–water partition coefficient (Wildman–Crippen LogP) is 4.32. The van der Waals surface area contributed by atoms with Gasteiger partial charge < -0.3 is 14.8 Å². The summed E-state index contributed by atoms with van der Waals surface area (Å²) in [4.78, 5) is 0. The number of benzene rings is 1. The van der Waals surface area contributed by atoms with Gasteiger partial charge in [-0.05, 0) is 50.9 Å². The Morgan fingerprint density at radius 1 is 1.10 bits per heavy atom. The van der Waals surface area contributed by atoms with Crippen molar-refractivity contribution in [2.45, 2.75) is 59.1 Å². The summed E-state index contributed by atoms with van der Waals surface area (Å²) in [6.07, 6.45) is 3.53. The molecule has 0 aliphatic heterocycles. The molecule has 0 amide bonds. The molecule has 0 saturated carbocycles. The van der Waals surface area contributed by atoms with E-state index in [9.17, 15) is 0 Å². The molecule has 3 nitrogen and oxygen atoms in total. The van der Waals surface area contributed by atoms with Gasteiger partial charge in [-0.3, -0.25) is 0 Å². The largest absolute Gasteiger partial charge is 0.493 e. The van der Waals surface area contributed by atoms with Crippen LogP contribution in [0.15, 0.2) is 18.2 Å². The van der Waals surface area contributed by atoms with Crippen LogP contribution >= 0.6 is 0 Å². The lowest BCUT2D eigenvalue weighted by Crippen LogP contribution is -2.19. The van der Waals surface area contributed by atoms with Gasteiger partial charge in [0.25, 0.3) is 0 Å². The molecule has 1 aromatic rings. The maximum absolute atomic E-state index is 5.95. The third kappa shape index (κ3) is 5.04. The molecule has 0 fully saturated rings. The van der Waals surface area contributed by atoms with Crippen molar-refractivity contribution in [1.29, 1.82) is 0 Å². The third-order valence-corrected chi connectivity index (χ3v) is 3.41. The topological polar surface area (TPSA) is 30.5 Å². The first-order valence-corrected chi connectivity index (χ1v) is 7.70. The van der Waals surface area contributed by atoms with Crippen molar-refractivity contribution in [2.24, 2.45) is 0 Å². The van der Waals surface area contributed by atoms with Crippen LogP contribution in [0, 0.1) is 0 Å². The van der Waals surface area contributed by atoms with Crippen LogP contribution in [0.3, 0.4) is 0 Å². The molecule has 0 spiro atoms. The van der Waals surface area contributed by atoms with Crippen molar-refractivity contribution in [3.63, 3.8) is 0 Å². The first kappa shape index (κ1) is 16.8. The van der Waals surface area contributed by atoms with E-state index in [0.717, 1.165) is 37.3 Å². The fraction of sp³-hybridized carbons (Fsp3) is 0.647. The summed E-state index contributed by atoms with van der Waals surface area (Å²) in [6.45, 7) is 9.63. The first-order chi connectivity index (χ1) is 9.62. The zero-order chi connectivity index (χ0) is 15.0. The predicted molar refractivity (Wildman–Crippen MR) is 84.7 cm³/mol. The summed E-state index contributed by atoms with van der Waals surface area (Å²) >= 11 is 0. The first-order valence-electron chi connectivity index (χ1n) is 7.70. The molecule has 1 rings (SSSR count). The quantitative estimate of drug-likeness (QED) is 0.730. The van der Waals surface area contributed by atoms with E-state index in [4.69, 9.17) is 9.47 Å². The second kappa shape index (κ2) is 8.85. The lowest BCUT2D eigenvalue weighted by molar-refractivity contribution is 0.200. The minimum Gasteiger partial charge on any atom is -0.493 e. The minimum atomic E-state index is 0.218. The van der Waals surface area contributed by atoms with Gasteiger partial charge in [0, 0.05) is 6.04 Å². The fourth-order valence-electron chi connectivity index (χ4n) is 2.21. The summed E-state index contributed by atoms with van der Waals surface area (Å²) in [5, 5.41) is 3.48. The summed E-state index contributed by atoms with van der Waals surface area (Å²) in [7, 11) is 1.70. The molecule has 20 heavy (non-hydrogen) atoms. The lowest BCUT2D eigenvalue weighted by atomic mass is 10.1. The Morgan fingerprint density at radius 3 is 2.45 bits per heavy atom. The number of ether oxygens (including phenoxy) is 2. The normalized spacial score (nSPS) is 13.8. The maximum atomic E-state index is 5.95.